The fourth-order valence-electron chi connectivity index (χ4n) is 2.79. The van der Waals surface area contributed by atoms with Crippen LogP contribution in [0.15, 0.2) is 24.5 Å². The van der Waals surface area contributed by atoms with Gasteiger partial charge in [0.15, 0.2) is 0 Å². The Kier molecular flexibility index (Phi) is 4.72. The van der Waals surface area contributed by atoms with Gasteiger partial charge in [0.25, 0.3) is 0 Å². The molecule has 0 spiro atoms. The second kappa shape index (κ2) is 6.30. The van der Waals surface area contributed by atoms with Crippen LogP contribution < -0.4 is 5.32 Å². The summed E-state index contributed by atoms with van der Waals surface area (Å²) >= 11 is 0. The number of pyridine rings is 1. The van der Waals surface area contributed by atoms with E-state index in [1.165, 1.54) is 31.5 Å². The molecule has 0 unspecified atom stereocenters. The average molecular weight is 247 g/mol. The Bertz CT molecular complexity index is 346. The molecule has 0 aromatic carbocycles. The van der Waals surface area contributed by atoms with Gasteiger partial charge in [0.2, 0.25) is 0 Å². The van der Waals surface area contributed by atoms with Crippen LogP contribution in [0.4, 0.5) is 0 Å². The fourth-order valence-corrected chi connectivity index (χ4v) is 2.79. The molecule has 1 aliphatic rings. The Morgan fingerprint density at radius 2 is 2.00 bits per heavy atom. The third-order valence-electron chi connectivity index (χ3n) is 4.27. The molecular weight excluding hydrogens is 222 g/mol. The van der Waals surface area contributed by atoms with Gasteiger partial charge in [0, 0.05) is 44.1 Å². The number of piperazine rings is 1. The molecule has 3 heteroatoms. The van der Waals surface area contributed by atoms with E-state index in [2.05, 4.69) is 41.2 Å². The summed E-state index contributed by atoms with van der Waals surface area (Å²) < 4.78 is 0. The Labute approximate surface area is 111 Å². The highest BCUT2D eigenvalue weighted by Crippen LogP contribution is 2.20. The number of aromatic nitrogens is 1. The van der Waals surface area contributed by atoms with Crippen LogP contribution in [-0.2, 0) is 6.42 Å². The molecule has 0 bridgehead atoms. The largest absolute Gasteiger partial charge is 0.309 e. The maximum atomic E-state index is 4.07. The summed E-state index contributed by atoms with van der Waals surface area (Å²) in [5.74, 6) is 0. The minimum absolute atomic E-state index is 0.344. The van der Waals surface area contributed by atoms with E-state index in [0.29, 0.717) is 5.54 Å². The molecule has 0 aliphatic carbocycles. The third-order valence-corrected chi connectivity index (χ3v) is 4.27. The highest BCUT2D eigenvalue weighted by molar-refractivity contribution is 5.10. The van der Waals surface area contributed by atoms with Crippen LogP contribution in [0.1, 0.15) is 32.3 Å². The van der Waals surface area contributed by atoms with Crippen molar-refractivity contribution in [1.29, 1.82) is 0 Å². The van der Waals surface area contributed by atoms with E-state index in [-0.39, 0.29) is 0 Å². The third kappa shape index (κ3) is 3.30. The van der Waals surface area contributed by atoms with Crippen molar-refractivity contribution in [1.82, 2.24) is 15.2 Å². The monoisotopic (exact) mass is 247 g/mol. The zero-order valence-corrected chi connectivity index (χ0v) is 11.7. The van der Waals surface area contributed by atoms with E-state index in [9.17, 15) is 0 Å². The van der Waals surface area contributed by atoms with Gasteiger partial charge in [0.05, 0.1) is 0 Å². The lowest BCUT2D eigenvalue weighted by molar-refractivity contribution is 0.125. The Balaban J connectivity index is 1.86. The second-order valence-corrected chi connectivity index (χ2v) is 5.30. The number of hydrogen-bond donors (Lipinski definition) is 1. The summed E-state index contributed by atoms with van der Waals surface area (Å²) in [6, 6.07) is 4.24. The smallest absolute Gasteiger partial charge is 0.0304 e. The van der Waals surface area contributed by atoms with Crippen molar-refractivity contribution in [3.63, 3.8) is 0 Å². The van der Waals surface area contributed by atoms with Crippen LogP contribution in [0.25, 0.3) is 0 Å². The van der Waals surface area contributed by atoms with Crippen molar-refractivity contribution in [2.45, 2.75) is 38.6 Å². The molecule has 1 fully saturated rings. The van der Waals surface area contributed by atoms with Crippen LogP contribution in [0.5, 0.6) is 0 Å². The summed E-state index contributed by atoms with van der Waals surface area (Å²) in [5.41, 5.74) is 1.73. The number of hydrogen-bond acceptors (Lipinski definition) is 3. The van der Waals surface area contributed by atoms with Crippen molar-refractivity contribution in [2.24, 2.45) is 0 Å². The first-order valence-electron chi connectivity index (χ1n) is 7.14. The standard InChI is InChI=1S/C15H25N3/c1-3-15(4-2)13-18(12-10-17-15)11-7-14-5-8-16-9-6-14/h5-6,8-9,17H,3-4,7,10-13H2,1-2H3. The second-order valence-electron chi connectivity index (χ2n) is 5.30. The maximum absolute atomic E-state index is 4.07. The molecule has 0 atom stereocenters. The van der Waals surface area contributed by atoms with Crippen LogP contribution in [0, 0.1) is 0 Å². The zero-order chi connectivity index (χ0) is 12.8. The summed E-state index contributed by atoms with van der Waals surface area (Å²) in [6.07, 6.45) is 7.33. The lowest BCUT2D eigenvalue weighted by atomic mass is 9.90. The lowest BCUT2D eigenvalue weighted by Crippen LogP contribution is -2.60. The van der Waals surface area contributed by atoms with Crippen molar-refractivity contribution < 1.29 is 0 Å². The van der Waals surface area contributed by atoms with Gasteiger partial charge >= 0.3 is 0 Å². The molecule has 0 saturated carbocycles. The Hall–Kier alpha value is -0.930. The minimum atomic E-state index is 0.344. The van der Waals surface area contributed by atoms with Crippen LogP contribution in [0.2, 0.25) is 0 Å². The first-order chi connectivity index (χ1) is 8.78. The molecule has 1 saturated heterocycles. The number of nitrogens with zero attached hydrogens (tertiary/aromatic N) is 2. The van der Waals surface area contributed by atoms with Crippen LogP contribution in [-0.4, -0.2) is 41.6 Å². The van der Waals surface area contributed by atoms with Crippen molar-refractivity contribution in [2.75, 3.05) is 26.2 Å². The lowest BCUT2D eigenvalue weighted by Gasteiger charge is -2.43. The van der Waals surface area contributed by atoms with Gasteiger partial charge in [-0.2, -0.15) is 0 Å². The van der Waals surface area contributed by atoms with Gasteiger partial charge < -0.3 is 5.32 Å². The van der Waals surface area contributed by atoms with E-state index >= 15 is 0 Å². The predicted molar refractivity (Wildman–Crippen MR) is 75.7 cm³/mol. The highest BCUT2D eigenvalue weighted by Gasteiger charge is 2.31. The first kappa shape index (κ1) is 13.5. The van der Waals surface area contributed by atoms with Crippen LogP contribution in [0.3, 0.4) is 0 Å². The van der Waals surface area contributed by atoms with Gasteiger partial charge in [-0.1, -0.05) is 13.8 Å². The van der Waals surface area contributed by atoms with Gasteiger partial charge in [-0.25, -0.2) is 0 Å². The molecule has 2 heterocycles. The molecule has 100 valence electrons. The van der Waals surface area contributed by atoms with Crippen LogP contribution >= 0.6 is 0 Å². The molecule has 0 amide bonds. The molecule has 1 aliphatic heterocycles. The number of nitrogens with one attached hydrogen (secondary N) is 1. The maximum Gasteiger partial charge on any atom is 0.0304 e. The van der Waals surface area contributed by atoms with E-state index in [1.54, 1.807) is 0 Å². The van der Waals surface area contributed by atoms with Crippen molar-refractivity contribution >= 4 is 0 Å². The Morgan fingerprint density at radius 1 is 1.28 bits per heavy atom. The highest BCUT2D eigenvalue weighted by atomic mass is 15.2. The van der Waals surface area contributed by atoms with E-state index in [4.69, 9.17) is 0 Å². The van der Waals surface area contributed by atoms with Crippen molar-refractivity contribution in [3.05, 3.63) is 30.1 Å². The molecule has 0 radical (unpaired) electrons. The molecule has 3 nitrogen and oxygen atoms in total. The molecule has 18 heavy (non-hydrogen) atoms. The van der Waals surface area contributed by atoms with E-state index in [1.807, 2.05) is 12.4 Å². The van der Waals surface area contributed by atoms with Gasteiger partial charge in [-0.3, -0.25) is 9.88 Å². The van der Waals surface area contributed by atoms with Gasteiger partial charge in [0.1, 0.15) is 0 Å². The fraction of sp³-hybridized carbons (Fsp3) is 0.667. The van der Waals surface area contributed by atoms with Crippen molar-refractivity contribution in [3.8, 4) is 0 Å². The van der Waals surface area contributed by atoms with Gasteiger partial charge in [-0.15, -0.1) is 0 Å². The predicted octanol–water partition coefficient (Wildman–Crippen LogP) is 2.09. The molecule has 2 rings (SSSR count). The summed E-state index contributed by atoms with van der Waals surface area (Å²) in [5, 5.41) is 3.71. The molecular formula is C15H25N3. The normalized spacial score (nSPS) is 19.9. The summed E-state index contributed by atoms with van der Waals surface area (Å²) in [4.78, 5) is 6.67. The molecule has 1 aromatic rings. The van der Waals surface area contributed by atoms with E-state index < -0.39 is 0 Å². The average Bonchev–Trinajstić information content (AvgIpc) is 2.46. The SMILES string of the molecule is CCC1(CC)CN(CCc2ccncc2)CCN1. The molecule has 1 N–H and O–H groups in total. The topological polar surface area (TPSA) is 28.2 Å². The summed E-state index contributed by atoms with van der Waals surface area (Å²) in [6.45, 7) is 9.23. The Morgan fingerprint density at radius 3 is 2.67 bits per heavy atom. The number of rotatable bonds is 5. The minimum Gasteiger partial charge on any atom is -0.309 e. The van der Waals surface area contributed by atoms with Gasteiger partial charge in [-0.05, 0) is 37.0 Å². The molecule has 1 aromatic heterocycles. The zero-order valence-electron chi connectivity index (χ0n) is 11.7. The van der Waals surface area contributed by atoms with E-state index in [0.717, 1.165) is 19.5 Å². The quantitative estimate of drug-likeness (QED) is 0.863. The summed E-state index contributed by atoms with van der Waals surface area (Å²) in [7, 11) is 0. The first-order valence-corrected chi connectivity index (χ1v) is 7.14.